The molecule has 3 N–H and O–H groups in total. The quantitative estimate of drug-likeness (QED) is 0.524. The Morgan fingerprint density at radius 3 is 2.14 bits per heavy atom. The van der Waals surface area contributed by atoms with E-state index in [1.165, 1.54) is 23.9 Å². The summed E-state index contributed by atoms with van der Waals surface area (Å²) in [5.41, 5.74) is 0.925. The van der Waals surface area contributed by atoms with Crippen molar-refractivity contribution in [1.29, 1.82) is 0 Å². The van der Waals surface area contributed by atoms with Gasteiger partial charge < -0.3 is 15.7 Å². The topological polar surface area (TPSA) is 95.5 Å². The summed E-state index contributed by atoms with van der Waals surface area (Å²) in [5, 5.41) is 14.7. The molecule has 2 aromatic rings. The lowest BCUT2D eigenvalue weighted by atomic mass is 9.92. The number of nitrogens with one attached hydrogen (secondary N) is 2. The van der Waals surface area contributed by atoms with E-state index in [4.69, 9.17) is 16.7 Å². The molecule has 154 valence electrons. The van der Waals surface area contributed by atoms with Gasteiger partial charge in [0.25, 0.3) is 0 Å². The van der Waals surface area contributed by atoms with E-state index in [0.717, 1.165) is 4.90 Å². The Hall–Kier alpha value is -2.51. The second kappa shape index (κ2) is 9.80. The first-order valence-corrected chi connectivity index (χ1v) is 10.3. The van der Waals surface area contributed by atoms with Crippen molar-refractivity contribution < 1.29 is 19.5 Å². The van der Waals surface area contributed by atoms with Gasteiger partial charge in [-0.15, -0.1) is 11.8 Å². The van der Waals surface area contributed by atoms with Gasteiger partial charge >= 0.3 is 5.97 Å². The zero-order valence-corrected chi connectivity index (χ0v) is 18.0. The lowest BCUT2D eigenvalue weighted by Gasteiger charge is -2.17. The van der Waals surface area contributed by atoms with E-state index in [-0.39, 0.29) is 33.6 Å². The van der Waals surface area contributed by atoms with E-state index in [1.807, 2.05) is 32.9 Å². The van der Waals surface area contributed by atoms with Crippen LogP contribution in [0.1, 0.15) is 37.6 Å². The van der Waals surface area contributed by atoms with Crippen LogP contribution in [-0.4, -0.2) is 28.6 Å². The highest BCUT2D eigenvalue weighted by molar-refractivity contribution is 8.00. The van der Waals surface area contributed by atoms with Crippen LogP contribution in [-0.2, 0) is 9.59 Å². The Balaban J connectivity index is 1.87. The first-order valence-electron chi connectivity index (χ1n) is 8.89. The van der Waals surface area contributed by atoms with E-state index in [0.29, 0.717) is 17.8 Å². The van der Waals surface area contributed by atoms with Gasteiger partial charge in [-0.05, 0) is 47.9 Å². The molecule has 0 unspecified atom stereocenters. The van der Waals surface area contributed by atoms with Gasteiger partial charge in [0.15, 0.2) is 0 Å². The number of carboxylic acids is 1. The van der Waals surface area contributed by atoms with Crippen molar-refractivity contribution in [3.05, 3.63) is 53.1 Å². The van der Waals surface area contributed by atoms with Crippen molar-refractivity contribution in [2.24, 2.45) is 5.41 Å². The Morgan fingerprint density at radius 1 is 0.966 bits per heavy atom. The zero-order valence-electron chi connectivity index (χ0n) is 16.4. The van der Waals surface area contributed by atoms with Crippen molar-refractivity contribution in [2.75, 3.05) is 16.4 Å². The maximum atomic E-state index is 12.1. The van der Waals surface area contributed by atoms with Crippen LogP contribution in [0.2, 0.25) is 5.02 Å². The summed E-state index contributed by atoms with van der Waals surface area (Å²) in [4.78, 5) is 36.1. The standard InChI is InChI=1S/C21H23ClN2O4S/c1-21(2,3)11-18(25)23-13-4-7-15(8-5-13)29-12-19(26)24-14-6-9-17(22)16(10-14)20(27)28/h4-10H,11-12H2,1-3H3,(H,23,25)(H,24,26)(H,27,28). The molecule has 0 spiro atoms. The minimum absolute atomic E-state index is 0.0408. The van der Waals surface area contributed by atoms with Crippen LogP contribution in [0.5, 0.6) is 0 Å². The normalized spacial score (nSPS) is 11.0. The molecular formula is C21H23ClN2O4S. The number of anilines is 2. The number of carboxylic acid groups (broad SMARTS) is 1. The maximum Gasteiger partial charge on any atom is 0.337 e. The van der Waals surface area contributed by atoms with Crippen molar-refractivity contribution >= 4 is 52.5 Å². The molecule has 0 aliphatic heterocycles. The number of carbonyl (C=O) groups is 3. The molecule has 8 heteroatoms. The molecule has 0 saturated heterocycles. The number of carbonyl (C=O) groups excluding carboxylic acids is 2. The van der Waals surface area contributed by atoms with Gasteiger partial charge in [-0.1, -0.05) is 32.4 Å². The third-order valence-electron chi connectivity index (χ3n) is 3.68. The predicted molar refractivity (Wildman–Crippen MR) is 117 cm³/mol. The van der Waals surface area contributed by atoms with Gasteiger partial charge in [-0.25, -0.2) is 4.79 Å². The number of thioether (sulfide) groups is 1. The minimum Gasteiger partial charge on any atom is -0.478 e. The third kappa shape index (κ3) is 7.79. The summed E-state index contributed by atoms with van der Waals surface area (Å²) in [6, 6.07) is 11.5. The predicted octanol–water partition coefficient (Wildman–Crippen LogP) is 5.14. The molecule has 0 radical (unpaired) electrons. The van der Waals surface area contributed by atoms with Crippen LogP contribution in [0.25, 0.3) is 0 Å². The summed E-state index contributed by atoms with van der Waals surface area (Å²) < 4.78 is 0. The highest BCUT2D eigenvalue weighted by atomic mass is 35.5. The van der Waals surface area contributed by atoms with Crippen molar-refractivity contribution in [3.63, 3.8) is 0 Å². The number of hydrogen-bond acceptors (Lipinski definition) is 4. The van der Waals surface area contributed by atoms with Crippen LogP contribution >= 0.6 is 23.4 Å². The van der Waals surface area contributed by atoms with Gasteiger partial charge in [0, 0.05) is 22.7 Å². The number of halogens is 1. The first kappa shape index (κ1) is 22.8. The Morgan fingerprint density at radius 2 is 1.55 bits per heavy atom. The molecular weight excluding hydrogens is 412 g/mol. The van der Waals surface area contributed by atoms with Crippen molar-refractivity contribution in [3.8, 4) is 0 Å². The number of rotatable bonds is 7. The average Bonchev–Trinajstić information content (AvgIpc) is 2.61. The molecule has 0 aromatic heterocycles. The second-order valence-electron chi connectivity index (χ2n) is 7.65. The summed E-state index contributed by atoms with van der Waals surface area (Å²) in [7, 11) is 0. The summed E-state index contributed by atoms with van der Waals surface area (Å²) >= 11 is 7.15. The molecule has 2 rings (SSSR count). The molecule has 6 nitrogen and oxygen atoms in total. The Bertz CT molecular complexity index is 908. The molecule has 0 atom stereocenters. The fourth-order valence-electron chi connectivity index (χ4n) is 2.43. The highest BCUT2D eigenvalue weighted by Gasteiger charge is 2.16. The number of benzene rings is 2. The van der Waals surface area contributed by atoms with Gasteiger partial charge in [0.2, 0.25) is 11.8 Å². The largest absolute Gasteiger partial charge is 0.478 e. The van der Waals surface area contributed by atoms with E-state index < -0.39 is 5.97 Å². The molecule has 0 saturated carbocycles. The van der Waals surface area contributed by atoms with Gasteiger partial charge in [-0.3, -0.25) is 9.59 Å². The smallest absolute Gasteiger partial charge is 0.337 e. The summed E-state index contributed by atoms with van der Waals surface area (Å²) in [6.07, 6.45) is 0.429. The monoisotopic (exact) mass is 434 g/mol. The van der Waals surface area contributed by atoms with E-state index >= 15 is 0 Å². The zero-order chi connectivity index (χ0) is 21.6. The van der Waals surface area contributed by atoms with Crippen molar-refractivity contribution in [2.45, 2.75) is 32.1 Å². The summed E-state index contributed by atoms with van der Waals surface area (Å²) in [6.45, 7) is 6.01. The molecule has 2 aromatic carbocycles. The van der Waals surface area contributed by atoms with E-state index in [2.05, 4.69) is 10.6 Å². The van der Waals surface area contributed by atoms with Crippen molar-refractivity contribution in [1.82, 2.24) is 0 Å². The van der Waals surface area contributed by atoms with Crippen LogP contribution in [0, 0.1) is 5.41 Å². The third-order valence-corrected chi connectivity index (χ3v) is 5.02. The van der Waals surface area contributed by atoms with Crippen LogP contribution in [0.4, 0.5) is 11.4 Å². The number of amides is 2. The first-order chi connectivity index (χ1) is 13.5. The van der Waals surface area contributed by atoms with Gasteiger partial charge in [0.05, 0.1) is 16.3 Å². The Labute approximate surface area is 179 Å². The average molecular weight is 435 g/mol. The molecule has 0 bridgehead atoms. The Kier molecular flexibility index (Phi) is 7.70. The maximum absolute atomic E-state index is 12.1. The lowest BCUT2D eigenvalue weighted by molar-refractivity contribution is -0.118. The van der Waals surface area contributed by atoms with Gasteiger partial charge in [0.1, 0.15) is 0 Å². The van der Waals surface area contributed by atoms with Crippen LogP contribution in [0.3, 0.4) is 0 Å². The molecule has 2 amide bonds. The highest BCUT2D eigenvalue weighted by Crippen LogP contribution is 2.24. The molecule has 0 aliphatic rings. The molecule has 0 fully saturated rings. The van der Waals surface area contributed by atoms with Crippen LogP contribution in [0.15, 0.2) is 47.4 Å². The molecule has 29 heavy (non-hydrogen) atoms. The van der Waals surface area contributed by atoms with E-state index in [9.17, 15) is 14.4 Å². The molecule has 0 heterocycles. The fraction of sp³-hybridized carbons (Fsp3) is 0.286. The van der Waals surface area contributed by atoms with Gasteiger partial charge in [-0.2, -0.15) is 0 Å². The fourth-order valence-corrected chi connectivity index (χ4v) is 3.33. The number of hydrogen-bond donors (Lipinski definition) is 3. The number of aromatic carboxylic acids is 1. The van der Waals surface area contributed by atoms with E-state index in [1.54, 1.807) is 18.2 Å². The SMILES string of the molecule is CC(C)(C)CC(=O)Nc1ccc(SCC(=O)Nc2ccc(Cl)c(C(=O)O)c2)cc1. The van der Waals surface area contributed by atoms with Crippen LogP contribution < -0.4 is 10.6 Å². The lowest BCUT2D eigenvalue weighted by Crippen LogP contribution is -2.19. The second-order valence-corrected chi connectivity index (χ2v) is 9.10. The summed E-state index contributed by atoms with van der Waals surface area (Å²) in [5.74, 6) is -1.31. The molecule has 0 aliphatic carbocycles. The minimum atomic E-state index is -1.16.